The molecule has 1 aromatic carbocycles. The monoisotopic (exact) mass is 402 g/mol. The Kier molecular flexibility index (Phi) is 7.28. The lowest BCUT2D eigenvalue weighted by Gasteiger charge is -2.33. The Morgan fingerprint density at radius 3 is 2.38 bits per heavy atom. The summed E-state index contributed by atoms with van der Waals surface area (Å²) >= 11 is 0. The van der Waals surface area contributed by atoms with Gasteiger partial charge >= 0.3 is 0 Å². The Morgan fingerprint density at radius 1 is 1.10 bits per heavy atom. The summed E-state index contributed by atoms with van der Waals surface area (Å²) in [6.07, 6.45) is 5.18. The van der Waals surface area contributed by atoms with Gasteiger partial charge in [0.05, 0.1) is 20.8 Å². The highest BCUT2D eigenvalue weighted by molar-refractivity contribution is 5.80. The van der Waals surface area contributed by atoms with Crippen LogP contribution in [0.2, 0.25) is 0 Å². The van der Waals surface area contributed by atoms with Gasteiger partial charge in [-0.05, 0) is 50.3 Å². The summed E-state index contributed by atoms with van der Waals surface area (Å²) in [4.78, 5) is 7.58. The molecular weight excluding hydrogens is 364 g/mol. The van der Waals surface area contributed by atoms with E-state index in [9.17, 15) is 0 Å². The molecule has 2 aliphatic rings. The molecular formula is C23H38N4O2. The van der Waals surface area contributed by atoms with Crippen LogP contribution in [0.5, 0.6) is 11.5 Å². The fourth-order valence-corrected chi connectivity index (χ4v) is 3.99. The van der Waals surface area contributed by atoms with Crippen molar-refractivity contribution in [3.63, 3.8) is 0 Å². The first-order valence-electron chi connectivity index (χ1n) is 11.0. The molecule has 0 radical (unpaired) electrons. The summed E-state index contributed by atoms with van der Waals surface area (Å²) in [5.41, 5.74) is 1.07. The molecule has 0 spiro atoms. The van der Waals surface area contributed by atoms with Crippen LogP contribution in [0.4, 0.5) is 0 Å². The third kappa shape index (κ3) is 5.78. The molecule has 1 saturated heterocycles. The van der Waals surface area contributed by atoms with Gasteiger partial charge in [0.25, 0.3) is 0 Å². The predicted octanol–water partition coefficient (Wildman–Crippen LogP) is 3.16. The van der Waals surface area contributed by atoms with Gasteiger partial charge in [-0.3, -0.25) is 4.99 Å². The fraction of sp³-hybridized carbons (Fsp3) is 0.696. The fourth-order valence-electron chi connectivity index (χ4n) is 3.99. The van der Waals surface area contributed by atoms with E-state index in [0.29, 0.717) is 12.6 Å². The van der Waals surface area contributed by atoms with Gasteiger partial charge in [0, 0.05) is 37.1 Å². The van der Waals surface area contributed by atoms with Crippen LogP contribution in [0.15, 0.2) is 23.2 Å². The number of hydrogen-bond acceptors (Lipinski definition) is 4. The Labute approximate surface area is 176 Å². The largest absolute Gasteiger partial charge is 0.493 e. The van der Waals surface area contributed by atoms with Gasteiger partial charge < -0.3 is 25.0 Å². The summed E-state index contributed by atoms with van der Waals surface area (Å²) in [7, 11) is 3.34. The van der Waals surface area contributed by atoms with E-state index >= 15 is 0 Å². The third-order valence-electron chi connectivity index (χ3n) is 6.08. The molecule has 1 aliphatic carbocycles. The Morgan fingerprint density at radius 2 is 1.79 bits per heavy atom. The zero-order chi connectivity index (χ0) is 20.9. The van der Waals surface area contributed by atoms with Crippen molar-refractivity contribution in [2.45, 2.75) is 64.0 Å². The molecule has 3 rings (SSSR count). The van der Waals surface area contributed by atoms with E-state index in [-0.39, 0.29) is 5.41 Å². The number of hydrogen-bond donors (Lipinski definition) is 2. The first-order valence-corrected chi connectivity index (χ1v) is 11.0. The molecule has 1 aromatic rings. The van der Waals surface area contributed by atoms with Crippen molar-refractivity contribution in [2.24, 2.45) is 4.99 Å². The minimum atomic E-state index is -0.114. The number of benzene rings is 1. The standard InChI is InChI=1S/C23H38N4O2/c1-6-24-22(26-18-11-13-27(14-12-18)19-8-9-19)25-16-23(2,3)17-7-10-20(28-4)21(15-17)29-5/h7,10,15,18-19H,6,8-9,11-14,16H2,1-5H3,(H2,24,25,26). The molecule has 1 heterocycles. The van der Waals surface area contributed by atoms with E-state index in [1.54, 1.807) is 14.2 Å². The van der Waals surface area contributed by atoms with Crippen molar-refractivity contribution < 1.29 is 9.47 Å². The summed E-state index contributed by atoms with van der Waals surface area (Å²) in [6, 6.07) is 7.51. The number of methoxy groups -OCH3 is 2. The molecule has 162 valence electrons. The molecule has 0 atom stereocenters. The van der Waals surface area contributed by atoms with Gasteiger partial charge in [0.1, 0.15) is 0 Å². The predicted molar refractivity (Wildman–Crippen MR) is 119 cm³/mol. The highest BCUT2D eigenvalue weighted by atomic mass is 16.5. The Balaban J connectivity index is 1.62. The maximum absolute atomic E-state index is 5.48. The molecule has 1 saturated carbocycles. The third-order valence-corrected chi connectivity index (χ3v) is 6.08. The zero-order valence-corrected chi connectivity index (χ0v) is 18.8. The first kappa shape index (κ1) is 21.8. The van der Waals surface area contributed by atoms with Crippen LogP contribution in [0.1, 0.15) is 52.0 Å². The molecule has 1 aliphatic heterocycles. The number of rotatable bonds is 8. The molecule has 2 fully saturated rings. The van der Waals surface area contributed by atoms with Gasteiger partial charge in [0.15, 0.2) is 17.5 Å². The average Bonchev–Trinajstić information content (AvgIpc) is 3.57. The smallest absolute Gasteiger partial charge is 0.191 e. The summed E-state index contributed by atoms with van der Waals surface area (Å²) < 4.78 is 10.8. The van der Waals surface area contributed by atoms with Crippen LogP contribution in [-0.2, 0) is 5.41 Å². The lowest BCUT2D eigenvalue weighted by molar-refractivity contribution is 0.197. The molecule has 2 N–H and O–H groups in total. The van der Waals surface area contributed by atoms with E-state index in [0.717, 1.165) is 30.0 Å². The number of nitrogens with one attached hydrogen (secondary N) is 2. The Bertz CT molecular complexity index is 692. The van der Waals surface area contributed by atoms with Crippen molar-refractivity contribution in [1.29, 1.82) is 0 Å². The van der Waals surface area contributed by atoms with Gasteiger partial charge in [0.2, 0.25) is 0 Å². The van der Waals surface area contributed by atoms with E-state index < -0.39 is 0 Å². The van der Waals surface area contributed by atoms with Gasteiger partial charge in [-0.15, -0.1) is 0 Å². The van der Waals surface area contributed by atoms with Gasteiger partial charge in [-0.25, -0.2) is 0 Å². The minimum absolute atomic E-state index is 0.114. The quantitative estimate of drug-likeness (QED) is 0.517. The SMILES string of the molecule is CCNC(=NCC(C)(C)c1ccc(OC)c(OC)c1)NC1CCN(C2CC2)CC1. The lowest BCUT2D eigenvalue weighted by Crippen LogP contribution is -2.49. The average molecular weight is 403 g/mol. The molecule has 0 amide bonds. The van der Waals surface area contributed by atoms with Crippen LogP contribution in [-0.4, -0.2) is 63.3 Å². The van der Waals surface area contributed by atoms with E-state index in [2.05, 4.69) is 48.4 Å². The molecule has 6 nitrogen and oxygen atoms in total. The first-order chi connectivity index (χ1) is 14.0. The van der Waals surface area contributed by atoms with E-state index in [1.165, 1.54) is 44.3 Å². The lowest BCUT2D eigenvalue weighted by atomic mass is 9.84. The molecule has 0 unspecified atom stereocenters. The number of likely N-dealkylation sites (tertiary alicyclic amines) is 1. The second-order valence-electron chi connectivity index (χ2n) is 8.83. The van der Waals surface area contributed by atoms with Crippen molar-refractivity contribution in [1.82, 2.24) is 15.5 Å². The van der Waals surface area contributed by atoms with Crippen LogP contribution >= 0.6 is 0 Å². The summed E-state index contributed by atoms with van der Waals surface area (Å²) in [5.74, 6) is 2.43. The number of piperidine rings is 1. The molecule has 0 bridgehead atoms. The number of ether oxygens (including phenoxy) is 2. The van der Waals surface area contributed by atoms with Crippen molar-refractivity contribution in [3.8, 4) is 11.5 Å². The van der Waals surface area contributed by atoms with Crippen LogP contribution in [0, 0.1) is 0 Å². The van der Waals surface area contributed by atoms with Crippen LogP contribution < -0.4 is 20.1 Å². The van der Waals surface area contributed by atoms with Crippen molar-refractivity contribution in [3.05, 3.63) is 23.8 Å². The maximum Gasteiger partial charge on any atom is 0.191 e. The summed E-state index contributed by atoms with van der Waals surface area (Å²) in [5, 5.41) is 7.09. The normalized spacial score (nSPS) is 19.1. The number of nitrogens with zero attached hydrogens (tertiary/aromatic N) is 2. The van der Waals surface area contributed by atoms with Crippen LogP contribution in [0.3, 0.4) is 0 Å². The van der Waals surface area contributed by atoms with E-state index in [4.69, 9.17) is 14.5 Å². The summed E-state index contributed by atoms with van der Waals surface area (Å²) in [6.45, 7) is 10.5. The van der Waals surface area contributed by atoms with Crippen molar-refractivity contribution >= 4 is 5.96 Å². The van der Waals surface area contributed by atoms with Gasteiger partial charge in [-0.1, -0.05) is 19.9 Å². The molecule has 29 heavy (non-hydrogen) atoms. The maximum atomic E-state index is 5.48. The number of guanidine groups is 1. The second kappa shape index (κ2) is 9.70. The second-order valence-corrected chi connectivity index (χ2v) is 8.83. The van der Waals surface area contributed by atoms with Crippen LogP contribution in [0.25, 0.3) is 0 Å². The van der Waals surface area contributed by atoms with E-state index in [1.807, 2.05) is 6.07 Å². The zero-order valence-electron chi connectivity index (χ0n) is 18.8. The topological polar surface area (TPSA) is 58.1 Å². The van der Waals surface area contributed by atoms with Gasteiger partial charge in [-0.2, -0.15) is 0 Å². The number of aliphatic imine (C=N–C) groups is 1. The van der Waals surface area contributed by atoms with Crippen molar-refractivity contribution in [2.75, 3.05) is 40.4 Å². The highest BCUT2D eigenvalue weighted by Gasteiger charge is 2.32. The highest BCUT2D eigenvalue weighted by Crippen LogP contribution is 2.33. The Hall–Kier alpha value is -1.95. The minimum Gasteiger partial charge on any atom is -0.493 e. The molecule has 0 aromatic heterocycles. The molecule has 6 heteroatoms.